The number of sulfonamides is 1. The molecule has 0 amide bonds. The number of hydrogen-bond acceptors (Lipinski definition) is 5. The summed E-state index contributed by atoms with van der Waals surface area (Å²) in [5, 5.41) is 0. The van der Waals surface area contributed by atoms with Gasteiger partial charge in [0.2, 0.25) is 10.0 Å². The van der Waals surface area contributed by atoms with E-state index in [1.165, 1.54) is 10.6 Å². The number of H-pyrrole nitrogens is 1. The predicted octanol–water partition coefficient (Wildman–Crippen LogP) is 4.41. The summed E-state index contributed by atoms with van der Waals surface area (Å²) in [5.74, 6) is 0.0784. The van der Waals surface area contributed by atoms with Crippen LogP contribution in [0.15, 0.2) is 45.9 Å². The van der Waals surface area contributed by atoms with Crippen molar-refractivity contribution >= 4 is 16.0 Å². The second-order valence-electron chi connectivity index (χ2n) is 7.57. The van der Waals surface area contributed by atoms with Crippen molar-refractivity contribution in [1.29, 1.82) is 0 Å². The second kappa shape index (κ2) is 9.11. The minimum absolute atomic E-state index is 0.0709. The lowest BCUT2D eigenvalue weighted by molar-refractivity contribution is 0.0519. The fourth-order valence-corrected chi connectivity index (χ4v) is 5.22. The molecule has 8 heteroatoms. The predicted molar refractivity (Wildman–Crippen MR) is 117 cm³/mol. The van der Waals surface area contributed by atoms with Gasteiger partial charge < -0.3 is 14.1 Å². The summed E-state index contributed by atoms with van der Waals surface area (Å²) in [5.41, 5.74) is 4.02. The van der Waals surface area contributed by atoms with Gasteiger partial charge in [-0.2, -0.15) is 4.31 Å². The SMILES string of the molecule is CCOC(=O)c1[nH]c(C)c(CN(Cc2ccco2)S(=O)(=O)c2cc(C)ccc2C)c1C. The molecule has 0 atom stereocenters. The third-order valence-corrected chi connectivity index (χ3v) is 7.21. The maximum atomic E-state index is 13.7. The van der Waals surface area contributed by atoms with Crippen molar-refractivity contribution in [1.82, 2.24) is 9.29 Å². The van der Waals surface area contributed by atoms with E-state index < -0.39 is 16.0 Å². The Kier molecular flexibility index (Phi) is 6.71. The van der Waals surface area contributed by atoms with E-state index in [4.69, 9.17) is 9.15 Å². The van der Waals surface area contributed by atoms with E-state index in [-0.39, 0.29) is 24.6 Å². The number of esters is 1. The number of hydrogen-bond donors (Lipinski definition) is 1. The summed E-state index contributed by atoms with van der Waals surface area (Å²) in [4.78, 5) is 15.6. The van der Waals surface area contributed by atoms with Crippen LogP contribution in [0.2, 0.25) is 0 Å². The van der Waals surface area contributed by atoms with Crippen molar-refractivity contribution in [2.24, 2.45) is 0 Å². The Labute approximate surface area is 183 Å². The lowest BCUT2D eigenvalue weighted by atomic mass is 10.1. The van der Waals surface area contributed by atoms with Gasteiger partial charge in [0.1, 0.15) is 11.5 Å². The first-order valence-corrected chi connectivity index (χ1v) is 11.5. The van der Waals surface area contributed by atoms with Crippen molar-refractivity contribution in [3.05, 3.63) is 76.0 Å². The van der Waals surface area contributed by atoms with E-state index in [1.54, 1.807) is 45.0 Å². The molecule has 0 aliphatic rings. The Hall–Kier alpha value is -2.84. The molecule has 0 saturated carbocycles. The van der Waals surface area contributed by atoms with E-state index in [2.05, 4.69) is 4.98 Å². The monoisotopic (exact) mass is 444 g/mol. The van der Waals surface area contributed by atoms with Gasteiger partial charge in [-0.1, -0.05) is 12.1 Å². The number of aromatic nitrogens is 1. The molecule has 2 heterocycles. The van der Waals surface area contributed by atoms with Crippen LogP contribution in [0.1, 0.15) is 51.1 Å². The highest BCUT2D eigenvalue weighted by Crippen LogP contribution is 2.28. The minimum Gasteiger partial charge on any atom is -0.468 e. The zero-order valence-electron chi connectivity index (χ0n) is 18.5. The van der Waals surface area contributed by atoms with Crippen molar-refractivity contribution in [3.8, 4) is 0 Å². The maximum absolute atomic E-state index is 13.7. The smallest absolute Gasteiger partial charge is 0.355 e. The molecule has 0 spiro atoms. The van der Waals surface area contributed by atoms with Gasteiger partial charge in [-0.3, -0.25) is 0 Å². The van der Waals surface area contributed by atoms with Crippen LogP contribution in [0, 0.1) is 27.7 Å². The van der Waals surface area contributed by atoms with Gasteiger partial charge in [0.05, 0.1) is 24.3 Å². The van der Waals surface area contributed by atoms with Crippen LogP contribution in [0.25, 0.3) is 0 Å². The van der Waals surface area contributed by atoms with Gasteiger partial charge in [0.15, 0.2) is 0 Å². The van der Waals surface area contributed by atoms with Crippen LogP contribution in [-0.2, 0) is 27.8 Å². The van der Waals surface area contributed by atoms with Gasteiger partial charge in [-0.15, -0.1) is 0 Å². The van der Waals surface area contributed by atoms with Gasteiger partial charge in [-0.05, 0) is 75.1 Å². The van der Waals surface area contributed by atoms with Crippen LogP contribution in [0.3, 0.4) is 0 Å². The normalized spacial score (nSPS) is 11.8. The number of rotatable bonds is 8. The Morgan fingerprint density at radius 1 is 1.13 bits per heavy atom. The molecule has 0 unspecified atom stereocenters. The van der Waals surface area contributed by atoms with E-state index in [0.29, 0.717) is 22.6 Å². The Morgan fingerprint density at radius 3 is 2.52 bits per heavy atom. The average molecular weight is 445 g/mol. The number of benzene rings is 1. The highest BCUT2D eigenvalue weighted by Gasteiger charge is 2.30. The molecule has 3 aromatic rings. The number of aromatic amines is 1. The van der Waals surface area contributed by atoms with Crippen molar-refractivity contribution < 1.29 is 22.4 Å². The van der Waals surface area contributed by atoms with E-state index >= 15 is 0 Å². The van der Waals surface area contributed by atoms with E-state index in [0.717, 1.165) is 16.8 Å². The molecule has 2 aromatic heterocycles. The topological polar surface area (TPSA) is 92.6 Å². The first-order chi connectivity index (χ1) is 14.6. The summed E-state index contributed by atoms with van der Waals surface area (Å²) in [6.07, 6.45) is 1.52. The van der Waals surface area contributed by atoms with Crippen LogP contribution >= 0.6 is 0 Å². The number of carbonyl (C=O) groups excluding carboxylic acids is 1. The fraction of sp³-hybridized carbons (Fsp3) is 0.348. The molecule has 0 saturated heterocycles. The maximum Gasteiger partial charge on any atom is 0.355 e. The van der Waals surface area contributed by atoms with E-state index in [9.17, 15) is 13.2 Å². The zero-order valence-corrected chi connectivity index (χ0v) is 19.3. The van der Waals surface area contributed by atoms with Crippen LogP contribution in [0.5, 0.6) is 0 Å². The molecular formula is C23H28N2O5S. The molecule has 0 fully saturated rings. The first-order valence-electron chi connectivity index (χ1n) is 10.1. The van der Waals surface area contributed by atoms with Crippen LogP contribution < -0.4 is 0 Å². The number of nitrogens with one attached hydrogen (secondary N) is 1. The first kappa shape index (κ1) is 22.8. The summed E-state index contributed by atoms with van der Waals surface area (Å²) in [6.45, 7) is 9.42. The number of furan rings is 1. The molecular weight excluding hydrogens is 416 g/mol. The van der Waals surface area contributed by atoms with E-state index in [1.807, 2.05) is 19.9 Å². The molecule has 1 N–H and O–H groups in total. The number of aryl methyl sites for hydroxylation is 3. The van der Waals surface area contributed by atoms with Gasteiger partial charge in [0, 0.05) is 12.2 Å². The Morgan fingerprint density at radius 2 is 1.87 bits per heavy atom. The van der Waals surface area contributed by atoms with Crippen molar-refractivity contribution in [3.63, 3.8) is 0 Å². The molecule has 1 aromatic carbocycles. The highest BCUT2D eigenvalue weighted by molar-refractivity contribution is 7.89. The molecule has 0 bridgehead atoms. The van der Waals surface area contributed by atoms with Gasteiger partial charge in [0.25, 0.3) is 0 Å². The highest BCUT2D eigenvalue weighted by atomic mass is 32.2. The van der Waals surface area contributed by atoms with Gasteiger partial charge >= 0.3 is 5.97 Å². The lowest BCUT2D eigenvalue weighted by Gasteiger charge is -2.23. The number of carbonyl (C=O) groups is 1. The Bertz CT molecular complexity index is 1180. The van der Waals surface area contributed by atoms with Crippen molar-refractivity contribution in [2.45, 2.75) is 52.6 Å². The minimum atomic E-state index is -3.84. The molecule has 166 valence electrons. The van der Waals surface area contributed by atoms with Gasteiger partial charge in [-0.25, -0.2) is 13.2 Å². The van der Waals surface area contributed by atoms with Crippen LogP contribution in [-0.4, -0.2) is 30.3 Å². The van der Waals surface area contributed by atoms with Crippen LogP contribution in [0.4, 0.5) is 0 Å². The summed E-state index contributed by atoms with van der Waals surface area (Å²) in [7, 11) is -3.84. The largest absolute Gasteiger partial charge is 0.468 e. The fourth-order valence-electron chi connectivity index (χ4n) is 3.54. The molecule has 31 heavy (non-hydrogen) atoms. The third kappa shape index (κ3) is 4.75. The molecule has 0 aliphatic carbocycles. The summed E-state index contributed by atoms with van der Waals surface area (Å²) >= 11 is 0. The third-order valence-electron chi connectivity index (χ3n) is 5.28. The van der Waals surface area contributed by atoms with Crippen molar-refractivity contribution in [2.75, 3.05) is 6.61 Å². The second-order valence-corrected chi connectivity index (χ2v) is 9.48. The standard InChI is InChI=1S/C23H28N2O5S/c1-6-29-23(26)22-17(4)20(18(5)24-22)14-25(13-19-8-7-11-30-19)31(27,28)21-12-15(2)9-10-16(21)3/h7-12,24H,6,13-14H2,1-5H3. The zero-order chi connectivity index (χ0) is 22.8. The summed E-state index contributed by atoms with van der Waals surface area (Å²) in [6, 6.07) is 8.84. The molecule has 7 nitrogen and oxygen atoms in total. The molecule has 0 aliphatic heterocycles. The molecule has 0 radical (unpaired) electrons. The Balaban J connectivity index is 2.05. The lowest BCUT2D eigenvalue weighted by Crippen LogP contribution is -2.31. The molecule has 3 rings (SSSR count). The quantitative estimate of drug-likeness (QED) is 0.520. The number of nitrogens with zero attached hydrogens (tertiary/aromatic N) is 1. The summed E-state index contributed by atoms with van der Waals surface area (Å²) < 4.78 is 39.3. The average Bonchev–Trinajstić information content (AvgIpc) is 3.32. The number of ether oxygens (including phenoxy) is 1.